The fourth-order valence-corrected chi connectivity index (χ4v) is 0.333. The molecular weight excluding hydrogens is 152 g/mol. The third kappa shape index (κ3) is 5.07. The van der Waals surface area contributed by atoms with E-state index in [1.165, 1.54) is 0 Å². The Bertz CT molecular complexity index is 183. The second-order valence-electron chi connectivity index (χ2n) is 1.84. The first kappa shape index (κ1) is 9.61. The molecule has 0 atom stereocenters. The Labute approximate surface area is 63.0 Å². The SMILES string of the molecule is CC(=O)C(=O)OCCC(=O)O. The van der Waals surface area contributed by atoms with Gasteiger partial charge in [0.1, 0.15) is 6.61 Å². The Morgan fingerprint density at radius 3 is 2.27 bits per heavy atom. The normalized spacial score (nSPS) is 8.82. The largest absolute Gasteiger partial charge is 0.481 e. The number of carbonyl (C=O) groups excluding carboxylic acids is 2. The number of Topliss-reactive ketones (excluding diaryl/α,β-unsaturated/α-hetero) is 1. The van der Waals surface area contributed by atoms with Gasteiger partial charge in [-0.05, 0) is 0 Å². The number of carboxylic acid groups (broad SMARTS) is 1. The number of rotatable bonds is 4. The van der Waals surface area contributed by atoms with Gasteiger partial charge in [-0.3, -0.25) is 9.59 Å². The predicted molar refractivity (Wildman–Crippen MR) is 33.9 cm³/mol. The molecule has 0 bridgehead atoms. The second kappa shape index (κ2) is 4.43. The number of carbonyl (C=O) groups is 3. The summed E-state index contributed by atoms with van der Waals surface area (Å²) < 4.78 is 4.24. The number of ketones is 1. The van der Waals surface area contributed by atoms with E-state index in [1.807, 2.05) is 0 Å². The fourth-order valence-electron chi connectivity index (χ4n) is 0.333. The van der Waals surface area contributed by atoms with Gasteiger partial charge in [-0.1, -0.05) is 0 Å². The van der Waals surface area contributed by atoms with Crippen molar-refractivity contribution >= 4 is 17.7 Å². The molecule has 5 heteroatoms. The first-order chi connectivity index (χ1) is 5.04. The highest BCUT2D eigenvalue weighted by Crippen LogP contribution is 1.84. The topological polar surface area (TPSA) is 80.7 Å². The summed E-state index contributed by atoms with van der Waals surface area (Å²) in [5.41, 5.74) is 0. The number of hydrogen-bond acceptors (Lipinski definition) is 4. The highest BCUT2D eigenvalue weighted by Gasteiger charge is 2.08. The van der Waals surface area contributed by atoms with E-state index in [0.29, 0.717) is 0 Å². The molecule has 0 aromatic carbocycles. The van der Waals surface area contributed by atoms with Crippen molar-refractivity contribution in [3.8, 4) is 0 Å². The zero-order chi connectivity index (χ0) is 8.85. The molecule has 11 heavy (non-hydrogen) atoms. The molecule has 0 amide bonds. The van der Waals surface area contributed by atoms with Gasteiger partial charge in [0.05, 0.1) is 6.42 Å². The van der Waals surface area contributed by atoms with E-state index >= 15 is 0 Å². The van der Waals surface area contributed by atoms with Crippen molar-refractivity contribution in [3.05, 3.63) is 0 Å². The zero-order valence-electron chi connectivity index (χ0n) is 5.99. The minimum absolute atomic E-state index is 0.256. The smallest absolute Gasteiger partial charge is 0.374 e. The maximum atomic E-state index is 10.4. The molecule has 0 aliphatic heterocycles. The molecule has 0 unspecified atom stereocenters. The molecule has 0 rings (SSSR count). The van der Waals surface area contributed by atoms with Crippen LogP contribution in [-0.2, 0) is 19.1 Å². The van der Waals surface area contributed by atoms with Crippen LogP contribution in [0, 0.1) is 0 Å². The van der Waals surface area contributed by atoms with Crippen LogP contribution in [0.5, 0.6) is 0 Å². The van der Waals surface area contributed by atoms with Crippen LogP contribution in [0.3, 0.4) is 0 Å². The molecule has 1 N–H and O–H groups in total. The minimum Gasteiger partial charge on any atom is -0.481 e. The van der Waals surface area contributed by atoms with Crippen LogP contribution in [-0.4, -0.2) is 29.4 Å². The van der Waals surface area contributed by atoms with Gasteiger partial charge in [0.15, 0.2) is 0 Å². The molecule has 62 valence electrons. The lowest BCUT2D eigenvalue weighted by atomic mass is 10.4. The third-order valence-electron chi connectivity index (χ3n) is 0.837. The Hall–Kier alpha value is -1.39. The van der Waals surface area contributed by atoms with Crippen LogP contribution in [0.25, 0.3) is 0 Å². The van der Waals surface area contributed by atoms with Crippen LogP contribution in [0.1, 0.15) is 13.3 Å². The number of ether oxygens (including phenoxy) is 1. The molecule has 0 saturated heterocycles. The Morgan fingerprint density at radius 1 is 1.36 bits per heavy atom. The first-order valence-electron chi connectivity index (χ1n) is 2.93. The summed E-state index contributed by atoms with van der Waals surface area (Å²) in [6.45, 7) is 0.802. The van der Waals surface area contributed by atoms with Crippen molar-refractivity contribution in [2.45, 2.75) is 13.3 Å². The van der Waals surface area contributed by atoms with E-state index in [2.05, 4.69) is 4.74 Å². The summed E-state index contributed by atoms with van der Waals surface area (Å²) in [6.07, 6.45) is -0.279. The van der Waals surface area contributed by atoms with E-state index < -0.39 is 17.7 Å². The molecule has 0 radical (unpaired) electrons. The first-order valence-corrected chi connectivity index (χ1v) is 2.93. The van der Waals surface area contributed by atoms with Crippen LogP contribution < -0.4 is 0 Å². The third-order valence-corrected chi connectivity index (χ3v) is 0.837. The van der Waals surface area contributed by atoms with Gasteiger partial charge in [-0.2, -0.15) is 0 Å². The van der Waals surface area contributed by atoms with Crippen LogP contribution >= 0.6 is 0 Å². The van der Waals surface area contributed by atoms with Crippen LogP contribution in [0.4, 0.5) is 0 Å². The monoisotopic (exact) mass is 160 g/mol. The molecule has 0 heterocycles. The molecule has 0 spiro atoms. The summed E-state index contributed by atoms with van der Waals surface area (Å²) >= 11 is 0. The van der Waals surface area contributed by atoms with Crippen molar-refractivity contribution < 1.29 is 24.2 Å². The van der Waals surface area contributed by atoms with Gasteiger partial charge in [0, 0.05) is 6.92 Å². The Morgan fingerprint density at radius 2 is 1.91 bits per heavy atom. The maximum absolute atomic E-state index is 10.4. The van der Waals surface area contributed by atoms with Gasteiger partial charge in [0.25, 0.3) is 0 Å². The highest BCUT2D eigenvalue weighted by molar-refractivity contribution is 6.32. The van der Waals surface area contributed by atoms with Gasteiger partial charge < -0.3 is 9.84 Å². The lowest BCUT2D eigenvalue weighted by molar-refractivity contribution is -0.154. The maximum Gasteiger partial charge on any atom is 0.374 e. The predicted octanol–water partition coefficient (Wildman–Crippen LogP) is -0.407. The molecule has 5 nitrogen and oxygen atoms in total. The van der Waals surface area contributed by atoms with E-state index in [9.17, 15) is 14.4 Å². The van der Waals surface area contributed by atoms with Crippen LogP contribution in [0.15, 0.2) is 0 Å². The summed E-state index contributed by atoms with van der Waals surface area (Å²) in [5.74, 6) is -2.79. The van der Waals surface area contributed by atoms with Crippen molar-refractivity contribution in [1.29, 1.82) is 0 Å². The van der Waals surface area contributed by atoms with Gasteiger partial charge >= 0.3 is 11.9 Å². The van der Waals surface area contributed by atoms with Crippen LogP contribution in [0.2, 0.25) is 0 Å². The van der Waals surface area contributed by atoms with Gasteiger partial charge in [-0.15, -0.1) is 0 Å². The van der Waals surface area contributed by atoms with E-state index in [-0.39, 0.29) is 13.0 Å². The Kier molecular flexibility index (Phi) is 3.87. The molecule has 0 aromatic rings. The lowest BCUT2D eigenvalue weighted by Gasteiger charge is -1.97. The molecule has 0 aromatic heterocycles. The fraction of sp³-hybridized carbons (Fsp3) is 0.500. The lowest BCUT2D eigenvalue weighted by Crippen LogP contribution is -2.15. The van der Waals surface area contributed by atoms with Crippen molar-refractivity contribution in [2.75, 3.05) is 6.61 Å². The molecule has 0 aliphatic rings. The zero-order valence-corrected chi connectivity index (χ0v) is 5.99. The number of carboxylic acids is 1. The minimum atomic E-state index is -1.07. The average molecular weight is 160 g/mol. The standard InChI is InChI=1S/C6H8O5/c1-4(7)6(10)11-3-2-5(8)9/h2-3H2,1H3,(H,8,9). The Balaban J connectivity index is 3.47. The molecule has 0 saturated carbocycles. The van der Waals surface area contributed by atoms with Gasteiger partial charge in [0.2, 0.25) is 5.78 Å². The summed E-state index contributed by atoms with van der Waals surface area (Å²) in [6, 6.07) is 0. The van der Waals surface area contributed by atoms with Crippen molar-refractivity contribution in [2.24, 2.45) is 0 Å². The molecule has 0 aliphatic carbocycles. The van der Waals surface area contributed by atoms with E-state index in [1.54, 1.807) is 0 Å². The quantitative estimate of drug-likeness (QED) is 0.446. The summed E-state index contributed by atoms with van der Waals surface area (Å²) in [7, 11) is 0. The van der Waals surface area contributed by atoms with Crippen molar-refractivity contribution in [1.82, 2.24) is 0 Å². The summed E-state index contributed by atoms with van der Waals surface area (Å²) in [5, 5.41) is 8.09. The van der Waals surface area contributed by atoms with E-state index in [0.717, 1.165) is 6.92 Å². The number of aliphatic carboxylic acids is 1. The molecular formula is C6H8O5. The van der Waals surface area contributed by atoms with Crippen molar-refractivity contribution in [3.63, 3.8) is 0 Å². The van der Waals surface area contributed by atoms with E-state index in [4.69, 9.17) is 5.11 Å². The summed E-state index contributed by atoms with van der Waals surface area (Å²) in [4.78, 5) is 30.4. The van der Waals surface area contributed by atoms with Gasteiger partial charge in [-0.25, -0.2) is 4.79 Å². The number of hydrogen-bond donors (Lipinski definition) is 1. The average Bonchev–Trinajstić information content (AvgIpc) is 1.86. The molecule has 0 fully saturated rings. The second-order valence-corrected chi connectivity index (χ2v) is 1.84. The highest BCUT2D eigenvalue weighted by atomic mass is 16.5. The number of esters is 1.